The predicted molar refractivity (Wildman–Crippen MR) is 91.8 cm³/mol. The molecule has 7 nitrogen and oxygen atoms in total. The molecule has 0 aliphatic carbocycles. The number of rotatable bonds is 6. The molecule has 7 heteroatoms. The number of carbonyl (C=O) groups excluding carboxylic acids is 2. The lowest BCUT2D eigenvalue weighted by Crippen LogP contribution is -2.32. The first-order valence-corrected chi connectivity index (χ1v) is 8.28. The van der Waals surface area contributed by atoms with Crippen molar-refractivity contribution in [3.8, 4) is 5.75 Å². The van der Waals surface area contributed by atoms with Gasteiger partial charge >= 0.3 is 0 Å². The molecule has 2 amide bonds. The number of likely N-dealkylation sites (tertiary alicyclic amines) is 1. The van der Waals surface area contributed by atoms with Gasteiger partial charge in [0.25, 0.3) is 0 Å². The number of para-hydroxylation sites is 1. The molecule has 1 aromatic heterocycles. The number of nitrogens with two attached hydrogens (primary N) is 1. The van der Waals surface area contributed by atoms with Gasteiger partial charge in [-0.05, 0) is 17.7 Å². The zero-order valence-corrected chi connectivity index (χ0v) is 14.2. The fourth-order valence-corrected chi connectivity index (χ4v) is 3.20. The summed E-state index contributed by atoms with van der Waals surface area (Å²) >= 11 is 0. The van der Waals surface area contributed by atoms with Crippen LogP contribution in [0.25, 0.3) is 0 Å². The molecule has 2 heterocycles. The van der Waals surface area contributed by atoms with Crippen molar-refractivity contribution in [2.45, 2.75) is 12.3 Å². The molecule has 2 N–H and O–H groups in total. The average molecular weight is 342 g/mol. The highest BCUT2D eigenvalue weighted by Crippen LogP contribution is 2.32. The number of amides is 2. The third kappa shape index (κ3) is 3.99. The van der Waals surface area contributed by atoms with Gasteiger partial charge in [-0.3, -0.25) is 14.3 Å². The van der Waals surface area contributed by atoms with Crippen molar-refractivity contribution < 1.29 is 14.3 Å². The number of nitrogens with zero attached hydrogens (tertiary/aromatic N) is 3. The molecule has 0 spiro atoms. The van der Waals surface area contributed by atoms with Gasteiger partial charge in [-0.2, -0.15) is 5.10 Å². The van der Waals surface area contributed by atoms with E-state index in [0.29, 0.717) is 19.7 Å². The number of aromatic nitrogens is 2. The molecular formula is C18H22N4O3. The number of aryl methyl sites for hydroxylation is 1. The molecule has 1 aromatic carbocycles. The van der Waals surface area contributed by atoms with Gasteiger partial charge in [-0.1, -0.05) is 18.2 Å². The Hall–Kier alpha value is -2.83. The quantitative estimate of drug-likeness (QED) is 0.845. The number of primary amides is 1. The van der Waals surface area contributed by atoms with E-state index < -0.39 is 0 Å². The molecule has 132 valence electrons. The Morgan fingerprint density at radius 1 is 1.28 bits per heavy atom. The zero-order valence-electron chi connectivity index (χ0n) is 14.2. The predicted octanol–water partition coefficient (Wildman–Crippen LogP) is 0.916. The van der Waals surface area contributed by atoms with E-state index in [9.17, 15) is 9.59 Å². The second kappa shape index (κ2) is 7.38. The van der Waals surface area contributed by atoms with Crippen molar-refractivity contribution in [1.82, 2.24) is 14.7 Å². The van der Waals surface area contributed by atoms with Gasteiger partial charge < -0.3 is 15.4 Å². The Morgan fingerprint density at radius 3 is 2.68 bits per heavy atom. The molecule has 0 saturated carbocycles. The van der Waals surface area contributed by atoms with Crippen LogP contribution in [0, 0.1) is 5.92 Å². The second-order valence-corrected chi connectivity index (χ2v) is 6.27. The lowest BCUT2D eigenvalue weighted by molar-refractivity contribution is -0.131. The largest absolute Gasteiger partial charge is 0.493 e. The minimum Gasteiger partial charge on any atom is -0.493 e. The first kappa shape index (κ1) is 17.0. The zero-order chi connectivity index (χ0) is 17.8. The van der Waals surface area contributed by atoms with Gasteiger partial charge in [0, 0.05) is 32.3 Å². The maximum absolute atomic E-state index is 12.5. The Morgan fingerprint density at radius 2 is 2.04 bits per heavy atom. The van der Waals surface area contributed by atoms with Crippen LogP contribution in [0.15, 0.2) is 42.7 Å². The highest BCUT2D eigenvalue weighted by Gasteiger charge is 2.39. The molecule has 0 unspecified atom stereocenters. The minimum atomic E-state index is -0.386. The van der Waals surface area contributed by atoms with Crippen molar-refractivity contribution in [2.75, 3.05) is 19.7 Å². The van der Waals surface area contributed by atoms with Crippen LogP contribution in [0.4, 0.5) is 0 Å². The van der Waals surface area contributed by atoms with Crippen LogP contribution in [0.1, 0.15) is 17.9 Å². The summed E-state index contributed by atoms with van der Waals surface area (Å²) in [7, 11) is 1.82. The Balaban J connectivity index is 1.58. The van der Waals surface area contributed by atoms with E-state index in [1.807, 2.05) is 43.6 Å². The SMILES string of the molecule is Cn1cc([C@H]2CN(C(=O)CCOc3ccccc3)C[C@@H]2C(N)=O)cn1. The van der Waals surface area contributed by atoms with Crippen LogP contribution in [0.3, 0.4) is 0 Å². The molecule has 1 fully saturated rings. The molecule has 2 atom stereocenters. The van der Waals surface area contributed by atoms with E-state index in [1.165, 1.54) is 0 Å². The molecule has 1 aliphatic heterocycles. The molecule has 25 heavy (non-hydrogen) atoms. The molecular weight excluding hydrogens is 320 g/mol. The van der Waals surface area contributed by atoms with E-state index >= 15 is 0 Å². The number of benzene rings is 1. The van der Waals surface area contributed by atoms with E-state index in [1.54, 1.807) is 15.8 Å². The van der Waals surface area contributed by atoms with E-state index in [-0.39, 0.29) is 30.1 Å². The number of carbonyl (C=O) groups is 2. The summed E-state index contributed by atoms with van der Waals surface area (Å²) in [6.07, 6.45) is 3.86. The standard InChI is InChI=1S/C18H22N4O3/c1-21-10-13(9-20-21)15-11-22(12-16(15)18(19)24)17(23)7-8-25-14-5-3-2-4-6-14/h2-6,9-10,15-16H,7-8,11-12H2,1H3,(H2,19,24)/t15-,16+/m1/s1. The minimum absolute atomic E-state index is 0.0337. The van der Waals surface area contributed by atoms with Crippen LogP contribution in [0.2, 0.25) is 0 Å². The number of hydrogen-bond acceptors (Lipinski definition) is 4. The third-order valence-electron chi connectivity index (χ3n) is 4.52. The molecule has 0 radical (unpaired) electrons. The van der Waals surface area contributed by atoms with Gasteiger partial charge in [-0.25, -0.2) is 0 Å². The van der Waals surface area contributed by atoms with Crippen molar-refractivity contribution in [2.24, 2.45) is 18.7 Å². The van der Waals surface area contributed by atoms with E-state index in [0.717, 1.165) is 11.3 Å². The van der Waals surface area contributed by atoms with Crippen molar-refractivity contribution in [3.05, 3.63) is 48.3 Å². The van der Waals surface area contributed by atoms with E-state index in [2.05, 4.69) is 5.10 Å². The van der Waals surface area contributed by atoms with Gasteiger partial charge in [0.2, 0.25) is 11.8 Å². The first-order valence-electron chi connectivity index (χ1n) is 8.28. The summed E-state index contributed by atoms with van der Waals surface area (Å²) in [5.41, 5.74) is 6.47. The van der Waals surface area contributed by atoms with Gasteiger partial charge in [-0.15, -0.1) is 0 Å². The maximum Gasteiger partial charge on any atom is 0.226 e. The fraction of sp³-hybridized carbons (Fsp3) is 0.389. The van der Waals surface area contributed by atoms with Crippen molar-refractivity contribution in [1.29, 1.82) is 0 Å². The Labute approximate surface area is 146 Å². The number of hydrogen-bond donors (Lipinski definition) is 1. The van der Waals surface area contributed by atoms with Crippen LogP contribution in [0.5, 0.6) is 5.75 Å². The van der Waals surface area contributed by atoms with Crippen molar-refractivity contribution >= 4 is 11.8 Å². The summed E-state index contributed by atoms with van der Waals surface area (Å²) in [6, 6.07) is 9.37. The van der Waals surface area contributed by atoms with Crippen molar-refractivity contribution in [3.63, 3.8) is 0 Å². The fourth-order valence-electron chi connectivity index (χ4n) is 3.20. The van der Waals surface area contributed by atoms with Crippen LogP contribution < -0.4 is 10.5 Å². The summed E-state index contributed by atoms with van der Waals surface area (Å²) in [5.74, 6) is -0.174. The average Bonchev–Trinajstić information content (AvgIpc) is 3.22. The smallest absolute Gasteiger partial charge is 0.226 e. The van der Waals surface area contributed by atoms with Gasteiger partial charge in [0.15, 0.2) is 0 Å². The number of ether oxygens (including phenoxy) is 1. The van der Waals surface area contributed by atoms with Crippen LogP contribution >= 0.6 is 0 Å². The molecule has 1 aliphatic rings. The van der Waals surface area contributed by atoms with Gasteiger partial charge in [0.1, 0.15) is 5.75 Å². The molecule has 1 saturated heterocycles. The summed E-state index contributed by atoms with van der Waals surface area (Å²) < 4.78 is 7.26. The van der Waals surface area contributed by atoms with Crippen LogP contribution in [-0.2, 0) is 16.6 Å². The summed E-state index contributed by atoms with van der Waals surface area (Å²) in [5, 5.41) is 4.15. The Bertz CT molecular complexity index is 744. The monoisotopic (exact) mass is 342 g/mol. The highest BCUT2D eigenvalue weighted by molar-refractivity contribution is 5.82. The topological polar surface area (TPSA) is 90.5 Å². The normalized spacial score (nSPS) is 19.8. The summed E-state index contributed by atoms with van der Waals surface area (Å²) in [4.78, 5) is 25.9. The molecule has 0 bridgehead atoms. The van der Waals surface area contributed by atoms with Crippen LogP contribution in [-0.4, -0.2) is 46.2 Å². The third-order valence-corrected chi connectivity index (χ3v) is 4.52. The Kier molecular flexibility index (Phi) is 5.02. The summed E-state index contributed by atoms with van der Waals surface area (Å²) in [6.45, 7) is 1.13. The highest BCUT2D eigenvalue weighted by atomic mass is 16.5. The molecule has 2 aromatic rings. The molecule has 3 rings (SSSR count). The van der Waals surface area contributed by atoms with E-state index in [4.69, 9.17) is 10.5 Å². The second-order valence-electron chi connectivity index (χ2n) is 6.27. The van der Waals surface area contributed by atoms with Gasteiger partial charge in [0.05, 0.1) is 25.1 Å². The first-order chi connectivity index (χ1) is 12.0. The lowest BCUT2D eigenvalue weighted by atomic mass is 9.90. The maximum atomic E-state index is 12.5. The lowest BCUT2D eigenvalue weighted by Gasteiger charge is -2.16.